The van der Waals surface area contributed by atoms with Gasteiger partial charge in [-0.1, -0.05) is 30.0 Å². The van der Waals surface area contributed by atoms with Crippen molar-refractivity contribution < 1.29 is 25.0 Å². The minimum atomic E-state index is -1.16. The highest BCUT2D eigenvalue weighted by atomic mass is 32.2. The second-order valence-electron chi connectivity index (χ2n) is 5.71. The third kappa shape index (κ3) is 6.97. The molecule has 0 heterocycles. The standard InChI is InChI=1S/C19H22N2O5S/c1-19(27-2,12-8-4-7-11-15(23)13-22)16(18(25)21-26)20-17(24)14-9-5-3-6-10-14/h3,5-6,9-10,15-16,22-23,26H,12-13H2,1-2H3,(H,20,24)(H,21,25)/t15?,16-,19?/m1/s1. The average Bonchev–Trinajstić information content (AvgIpc) is 2.71. The van der Waals surface area contributed by atoms with Crippen LogP contribution in [0.25, 0.3) is 0 Å². The number of carbonyl (C=O) groups excluding carboxylic acids is 2. The Labute approximate surface area is 162 Å². The summed E-state index contributed by atoms with van der Waals surface area (Å²) >= 11 is 1.30. The molecule has 2 unspecified atom stereocenters. The summed E-state index contributed by atoms with van der Waals surface area (Å²) in [4.78, 5) is 24.6. The maximum Gasteiger partial charge on any atom is 0.267 e. The number of benzene rings is 1. The number of aliphatic hydroxyl groups excluding tert-OH is 2. The van der Waals surface area contributed by atoms with Crippen molar-refractivity contribution in [3.8, 4) is 23.7 Å². The minimum absolute atomic E-state index is 0.172. The van der Waals surface area contributed by atoms with Crippen molar-refractivity contribution in [3.63, 3.8) is 0 Å². The molecule has 7 nitrogen and oxygen atoms in total. The molecule has 0 saturated heterocycles. The van der Waals surface area contributed by atoms with Crippen LogP contribution in [0.3, 0.4) is 0 Å². The van der Waals surface area contributed by atoms with Gasteiger partial charge in [0.2, 0.25) is 0 Å². The van der Waals surface area contributed by atoms with E-state index < -0.39 is 35.3 Å². The van der Waals surface area contributed by atoms with Gasteiger partial charge < -0.3 is 15.5 Å². The highest BCUT2D eigenvalue weighted by Gasteiger charge is 2.39. The van der Waals surface area contributed by atoms with Gasteiger partial charge in [-0.3, -0.25) is 14.8 Å². The van der Waals surface area contributed by atoms with Crippen LogP contribution in [0.4, 0.5) is 0 Å². The number of rotatable bonds is 7. The molecule has 0 aromatic heterocycles. The van der Waals surface area contributed by atoms with Gasteiger partial charge in [0, 0.05) is 12.0 Å². The zero-order chi connectivity index (χ0) is 20.3. The summed E-state index contributed by atoms with van der Waals surface area (Å²) in [6, 6.07) is 7.34. The predicted molar refractivity (Wildman–Crippen MR) is 103 cm³/mol. The molecule has 8 heteroatoms. The van der Waals surface area contributed by atoms with E-state index in [9.17, 15) is 9.59 Å². The van der Waals surface area contributed by atoms with Crippen molar-refractivity contribution in [3.05, 3.63) is 35.9 Å². The predicted octanol–water partition coefficient (Wildman–Crippen LogP) is 0.162. The molecule has 0 fully saturated rings. The van der Waals surface area contributed by atoms with Gasteiger partial charge >= 0.3 is 0 Å². The summed E-state index contributed by atoms with van der Waals surface area (Å²) in [5.41, 5.74) is 1.96. The van der Waals surface area contributed by atoms with Gasteiger partial charge in [0.05, 0.1) is 11.4 Å². The van der Waals surface area contributed by atoms with E-state index in [-0.39, 0.29) is 6.42 Å². The summed E-state index contributed by atoms with van der Waals surface area (Å²) in [6.07, 6.45) is 0.768. The largest absolute Gasteiger partial charge is 0.393 e. The second kappa shape index (κ2) is 11.3. The molecule has 27 heavy (non-hydrogen) atoms. The Morgan fingerprint density at radius 1 is 1.26 bits per heavy atom. The first-order valence-electron chi connectivity index (χ1n) is 8.00. The fraction of sp³-hybridized carbons (Fsp3) is 0.368. The summed E-state index contributed by atoms with van der Waals surface area (Å²) < 4.78 is -0.860. The van der Waals surface area contributed by atoms with Crippen molar-refractivity contribution in [1.82, 2.24) is 10.8 Å². The van der Waals surface area contributed by atoms with E-state index in [2.05, 4.69) is 29.0 Å². The van der Waals surface area contributed by atoms with Crippen molar-refractivity contribution in [1.29, 1.82) is 0 Å². The number of amides is 2. The number of hydrogen-bond donors (Lipinski definition) is 5. The highest BCUT2D eigenvalue weighted by molar-refractivity contribution is 8.00. The molecule has 144 valence electrons. The topological polar surface area (TPSA) is 119 Å². The minimum Gasteiger partial charge on any atom is -0.393 e. The first-order chi connectivity index (χ1) is 12.9. The lowest BCUT2D eigenvalue weighted by molar-refractivity contribution is -0.131. The lowest BCUT2D eigenvalue weighted by atomic mass is 9.96. The van der Waals surface area contributed by atoms with E-state index in [4.69, 9.17) is 15.4 Å². The van der Waals surface area contributed by atoms with Gasteiger partial charge in [-0.05, 0) is 37.2 Å². The van der Waals surface area contributed by atoms with Crippen LogP contribution in [-0.4, -0.2) is 57.0 Å². The number of nitrogens with one attached hydrogen (secondary N) is 2. The fourth-order valence-corrected chi connectivity index (χ4v) is 2.70. The monoisotopic (exact) mass is 390 g/mol. The van der Waals surface area contributed by atoms with Crippen LogP contribution in [0.1, 0.15) is 23.7 Å². The van der Waals surface area contributed by atoms with E-state index in [1.165, 1.54) is 11.8 Å². The van der Waals surface area contributed by atoms with Gasteiger partial charge in [0.1, 0.15) is 12.1 Å². The van der Waals surface area contributed by atoms with E-state index in [1.807, 2.05) is 0 Å². The van der Waals surface area contributed by atoms with Crippen molar-refractivity contribution in [2.24, 2.45) is 0 Å². The number of carbonyl (C=O) groups is 2. The molecule has 1 aromatic carbocycles. The molecule has 5 N–H and O–H groups in total. The van der Waals surface area contributed by atoms with Gasteiger partial charge in [-0.25, -0.2) is 5.48 Å². The van der Waals surface area contributed by atoms with Crippen LogP contribution in [0, 0.1) is 23.7 Å². The van der Waals surface area contributed by atoms with Crippen LogP contribution in [0.15, 0.2) is 30.3 Å². The van der Waals surface area contributed by atoms with E-state index in [0.717, 1.165) is 0 Å². The average molecular weight is 390 g/mol. The second-order valence-corrected chi connectivity index (χ2v) is 7.05. The molecule has 0 bridgehead atoms. The molecule has 0 saturated carbocycles. The Balaban J connectivity index is 2.99. The first kappa shape index (κ1) is 22.6. The molecule has 0 spiro atoms. The zero-order valence-electron chi connectivity index (χ0n) is 15.0. The van der Waals surface area contributed by atoms with Gasteiger partial charge in [-0.15, -0.1) is 0 Å². The Kier molecular flexibility index (Phi) is 9.41. The molecular formula is C19H22N2O5S. The van der Waals surface area contributed by atoms with Gasteiger partial charge in [0.25, 0.3) is 11.8 Å². The molecule has 3 atom stereocenters. The number of aliphatic hydroxyl groups is 2. The van der Waals surface area contributed by atoms with Crippen LogP contribution < -0.4 is 10.8 Å². The normalized spacial score (nSPS) is 14.3. The summed E-state index contributed by atoms with van der Waals surface area (Å²) in [5, 5.41) is 29.5. The molecule has 0 aliphatic carbocycles. The molecule has 1 aromatic rings. The Morgan fingerprint density at radius 3 is 2.48 bits per heavy atom. The Hall–Kier alpha value is -2.49. The Bertz CT molecular complexity index is 763. The van der Waals surface area contributed by atoms with E-state index >= 15 is 0 Å². The molecule has 0 aliphatic heterocycles. The number of hydrogen-bond acceptors (Lipinski definition) is 6. The van der Waals surface area contributed by atoms with E-state index in [1.54, 1.807) is 49.0 Å². The molecular weight excluding hydrogens is 368 g/mol. The maximum absolute atomic E-state index is 12.4. The molecule has 0 aliphatic rings. The van der Waals surface area contributed by atoms with Crippen LogP contribution in [0.5, 0.6) is 0 Å². The SMILES string of the molecule is CSC(C)(CC#CC#CC(O)CO)[C@H](NC(=O)c1ccccc1)C(=O)NO. The van der Waals surface area contributed by atoms with Crippen LogP contribution in [-0.2, 0) is 4.79 Å². The summed E-state index contributed by atoms with van der Waals surface area (Å²) in [5.74, 6) is 8.85. The van der Waals surface area contributed by atoms with Crippen molar-refractivity contribution in [2.75, 3.05) is 12.9 Å². The first-order valence-corrected chi connectivity index (χ1v) is 9.22. The smallest absolute Gasteiger partial charge is 0.267 e. The molecule has 0 radical (unpaired) electrons. The molecule has 1 rings (SSSR count). The third-order valence-electron chi connectivity index (χ3n) is 3.76. The van der Waals surface area contributed by atoms with Crippen molar-refractivity contribution >= 4 is 23.6 Å². The lowest BCUT2D eigenvalue weighted by Gasteiger charge is -2.33. The van der Waals surface area contributed by atoms with E-state index in [0.29, 0.717) is 5.56 Å². The number of thioether (sulfide) groups is 1. The lowest BCUT2D eigenvalue weighted by Crippen LogP contribution is -2.57. The summed E-state index contributed by atoms with van der Waals surface area (Å²) in [6.45, 7) is 1.25. The van der Waals surface area contributed by atoms with Gasteiger partial charge in [-0.2, -0.15) is 11.8 Å². The van der Waals surface area contributed by atoms with Crippen molar-refractivity contribution in [2.45, 2.75) is 30.2 Å². The Morgan fingerprint density at radius 2 is 1.93 bits per heavy atom. The quantitative estimate of drug-likeness (QED) is 0.257. The maximum atomic E-state index is 12.4. The van der Waals surface area contributed by atoms with Gasteiger partial charge in [0.15, 0.2) is 0 Å². The highest BCUT2D eigenvalue weighted by Crippen LogP contribution is 2.30. The summed E-state index contributed by atoms with van der Waals surface area (Å²) in [7, 11) is 0. The van der Waals surface area contributed by atoms with Crippen LogP contribution >= 0.6 is 11.8 Å². The zero-order valence-corrected chi connectivity index (χ0v) is 15.8. The third-order valence-corrected chi connectivity index (χ3v) is 5.08. The van der Waals surface area contributed by atoms with Crippen LogP contribution in [0.2, 0.25) is 0 Å². The molecule has 2 amide bonds. The fourth-order valence-electron chi connectivity index (χ4n) is 2.09. The number of hydroxylamine groups is 1.